The van der Waals surface area contributed by atoms with Crippen LogP contribution < -0.4 is 20.7 Å². The van der Waals surface area contributed by atoms with Gasteiger partial charge in [-0.05, 0) is 54.5 Å². The Labute approximate surface area is 202 Å². The highest BCUT2D eigenvalue weighted by Gasteiger charge is 2.34. The first-order valence-electron chi connectivity index (χ1n) is 12.1. The lowest BCUT2D eigenvalue weighted by atomic mass is 9.90. The number of methoxy groups -OCH3 is 1. The summed E-state index contributed by atoms with van der Waals surface area (Å²) in [6.45, 7) is 4.33. The number of rotatable bonds is 10. The molecule has 1 aliphatic heterocycles. The number of carbonyl (C=O) groups excluding carboxylic acids is 1. The Bertz CT molecular complexity index is 1040. The molecule has 3 aromatic carbocycles. The van der Waals surface area contributed by atoms with E-state index in [9.17, 15) is 4.79 Å². The van der Waals surface area contributed by atoms with Crippen LogP contribution in [-0.4, -0.2) is 32.1 Å². The summed E-state index contributed by atoms with van der Waals surface area (Å²) in [4.78, 5) is 12.8. The van der Waals surface area contributed by atoms with Gasteiger partial charge in [0.15, 0.2) is 0 Å². The summed E-state index contributed by atoms with van der Waals surface area (Å²) in [6, 6.07) is 27.2. The molecule has 178 valence electrons. The van der Waals surface area contributed by atoms with Gasteiger partial charge in [-0.1, -0.05) is 72.3 Å². The maximum atomic E-state index is 12.8. The van der Waals surface area contributed by atoms with Crippen LogP contribution in [0.1, 0.15) is 34.7 Å². The average molecular weight is 458 g/mol. The van der Waals surface area contributed by atoms with Crippen molar-refractivity contribution in [3.05, 3.63) is 101 Å². The second-order valence-electron chi connectivity index (χ2n) is 9.10. The van der Waals surface area contributed by atoms with Gasteiger partial charge in [0.25, 0.3) is 0 Å². The number of aryl methyl sites for hydroxylation is 1. The lowest BCUT2D eigenvalue weighted by Gasteiger charge is -2.25. The Hall–Kier alpha value is -3.15. The highest BCUT2D eigenvalue weighted by atomic mass is 16.5. The molecule has 3 aromatic rings. The number of benzene rings is 3. The van der Waals surface area contributed by atoms with Crippen LogP contribution in [-0.2, 0) is 17.8 Å². The predicted octanol–water partition coefficient (Wildman–Crippen LogP) is 4.17. The third kappa shape index (κ3) is 6.46. The van der Waals surface area contributed by atoms with Crippen LogP contribution in [0.15, 0.2) is 78.9 Å². The van der Waals surface area contributed by atoms with E-state index in [1.807, 2.05) is 30.3 Å². The van der Waals surface area contributed by atoms with Crippen LogP contribution in [0.4, 0.5) is 0 Å². The summed E-state index contributed by atoms with van der Waals surface area (Å²) in [5.74, 6) is 1.28. The van der Waals surface area contributed by atoms with Gasteiger partial charge in [-0.25, -0.2) is 0 Å². The Morgan fingerprint density at radius 2 is 1.74 bits per heavy atom. The molecule has 0 aromatic heterocycles. The van der Waals surface area contributed by atoms with Crippen molar-refractivity contribution in [2.24, 2.45) is 5.92 Å². The highest BCUT2D eigenvalue weighted by Crippen LogP contribution is 2.30. The second kappa shape index (κ2) is 11.8. The Balaban J connectivity index is 1.36. The fraction of sp³-hybridized carbons (Fsp3) is 0.345. The van der Waals surface area contributed by atoms with Crippen molar-refractivity contribution in [2.45, 2.75) is 38.4 Å². The van der Waals surface area contributed by atoms with Gasteiger partial charge in [-0.3, -0.25) is 4.79 Å². The van der Waals surface area contributed by atoms with Crippen molar-refractivity contribution < 1.29 is 9.53 Å². The molecule has 1 aliphatic rings. The molecule has 0 bridgehead atoms. The third-order valence-electron chi connectivity index (χ3n) is 6.63. The second-order valence-corrected chi connectivity index (χ2v) is 9.10. The Morgan fingerprint density at radius 3 is 2.44 bits per heavy atom. The van der Waals surface area contributed by atoms with Crippen LogP contribution >= 0.6 is 0 Å². The van der Waals surface area contributed by atoms with Gasteiger partial charge < -0.3 is 20.7 Å². The number of hydrogen-bond donors (Lipinski definition) is 3. The van der Waals surface area contributed by atoms with Gasteiger partial charge in [0.2, 0.25) is 5.91 Å². The predicted molar refractivity (Wildman–Crippen MR) is 137 cm³/mol. The van der Waals surface area contributed by atoms with Crippen molar-refractivity contribution in [3.63, 3.8) is 0 Å². The minimum atomic E-state index is -0.156. The quantitative estimate of drug-likeness (QED) is 0.428. The molecule has 0 radical (unpaired) electrons. The van der Waals surface area contributed by atoms with E-state index in [4.69, 9.17) is 4.74 Å². The molecule has 3 atom stereocenters. The first-order valence-corrected chi connectivity index (χ1v) is 12.1. The van der Waals surface area contributed by atoms with E-state index in [1.165, 1.54) is 22.3 Å². The van der Waals surface area contributed by atoms with Gasteiger partial charge >= 0.3 is 0 Å². The maximum Gasteiger partial charge on any atom is 0.237 e. The molecule has 1 unspecified atom stereocenters. The first kappa shape index (κ1) is 24.0. The molecule has 1 amide bonds. The van der Waals surface area contributed by atoms with Gasteiger partial charge in [0.05, 0.1) is 13.2 Å². The number of hydrogen-bond acceptors (Lipinski definition) is 4. The fourth-order valence-corrected chi connectivity index (χ4v) is 4.62. The van der Waals surface area contributed by atoms with Crippen molar-refractivity contribution in [2.75, 3.05) is 20.2 Å². The minimum Gasteiger partial charge on any atom is -0.497 e. The first-order chi connectivity index (χ1) is 16.6. The summed E-state index contributed by atoms with van der Waals surface area (Å²) in [7, 11) is 1.68. The largest absolute Gasteiger partial charge is 0.497 e. The fourth-order valence-electron chi connectivity index (χ4n) is 4.62. The summed E-state index contributed by atoms with van der Waals surface area (Å²) < 4.78 is 5.28. The summed E-state index contributed by atoms with van der Waals surface area (Å²) in [5.41, 5.74) is 4.95. The maximum absolute atomic E-state index is 12.8. The van der Waals surface area contributed by atoms with Crippen molar-refractivity contribution in [1.29, 1.82) is 0 Å². The van der Waals surface area contributed by atoms with E-state index in [0.717, 1.165) is 31.7 Å². The zero-order valence-electron chi connectivity index (χ0n) is 20.1. The average Bonchev–Trinajstić information content (AvgIpc) is 3.36. The van der Waals surface area contributed by atoms with Crippen LogP contribution in [0.5, 0.6) is 5.75 Å². The zero-order chi connectivity index (χ0) is 23.8. The molecule has 5 heteroatoms. The number of carbonyl (C=O) groups is 1. The van der Waals surface area contributed by atoms with Crippen LogP contribution in [0.25, 0.3) is 0 Å². The SMILES string of the molecule is COc1ccc(CNC(c2ccc(C)cc2)[C@@H]2CN[C@H](C(=O)NCCc3ccccc3)C2)cc1. The van der Waals surface area contributed by atoms with Crippen LogP contribution in [0.2, 0.25) is 0 Å². The van der Waals surface area contributed by atoms with Gasteiger partial charge in [0.1, 0.15) is 5.75 Å². The van der Waals surface area contributed by atoms with Gasteiger partial charge in [-0.2, -0.15) is 0 Å². The van der Waals surface area contributed by atoms with E-state index >= 15 is 0 Å². The van der Waals surface area contributed by atoms with E-state index in [0.29, 0.717) is 12.5 Å². The normalized spacial score (nSPS) is 18.4. The number of ether oxygens (including phenoxy) is 1. The standard InChI is InChI=1S/C29H35N3O2/c1-21-8-12-24(13-9-21)28(32-19-23-10-14-26(34-2)15-11-23)25-18-27(31-20-25)29(33)30-17-16-22-6-4-3-5-7-22/h3-15,25,27-28,31-32H,16-20H2,1-2H3,(H,30,33)/t25-,27-,28?/m0/s1. The molecular formula is C29H35N3O2. The number of amides is 1. The lowest BCUT2D eigenvalue weighted by molar-refractivity contribution is -0.122. The summed E-state index contributed by atoms with van der Waals surface area (Å²) >= 11 is 0. The molecule has 3 N–H and O–H groups in total. The molecule has 0 aliphatic carbocycles. The minimum absolute atomic E-state index is 0.0937. The number of nitrogens with one attached hydrogen (secondary N) is 3. The van der Waals surface area contributed by atoms with E-state index < -0.39 is 0 Å². The molecule has 4 rings (SSSR count). The molecule has 34 heavy (non-hydrogen) atoms. The zero-order valence-corrected chi connectivity index (χ0v) is 20.1. The molecular weight excluding hydrogens is 422 g/mol. The lowest BCUT2D eigenvalue weighted by Crippen LogP contribution is -2.41. The van der Waals surface area contributed by atoms with Crippen molar-refractivity contribution >= 4 is 5.91 Å². The molecule has 1 fully saturated rings. The van der Waals surface area contributed by atoms with Crippen LogP contribution in [0.3, 0.4) is 0 Å². The van der Waals surface area contributed by atoms with Gasteiger partial charge in [-0.15, -0.1) is 0 Å². The van der Waals surface area contributed by atoms with E-state index in [2.05, 4.69) is 71.4 Å². The van der Waals surface area contributed by atoms with E-state index in [-0.39, 0.29) is 18.0 Å². The van der Waals surface area contributed by atoms with Crippen molar-refractivity contribution in [3.8, 4) is 5.75 Å². The van der Waals surface area contributed by atoms with Crippen molar-refractivity contribution in [1.82, 2.24) is 16.0 Å². The molecule has 1 heterocycles. The molecule has 0 saturated carbocycles. The monoisotopic (exact) mass is 457 g/mol. The highest BCUT2D eigenvalue weighted by molar-refractivity contribution is 5.82. The molecule has 0 spiro atoms. The third-order valence-corrected chi connectivity index (χ3v) is 6.63. The van der Waals surface area contributed by atoms with Crippen LogP contribution in [0, 0.1) is 12.8 Å². The topological polar surface area (TPSA) is 62.4 Å². The smallest absolute Gasteiger partial charge is 0.237 e. The molecule has 1 saturated heterocycles. The van der Waals surface area contributed by atoms with Gasteiger partial charge in [0, 0.05) is 25.7 Å². The Kier molecular flexibility index (Phi) is 8.34. The summed E-state index contributed by atoms with van der Waals surface area (Å²) in [6.07, 6.45) is 1.66. The summed E-state index contributed by atoms with van der Waals surface area (Å²) in [5, 5.41) is 10.3. The molecule has 5 nitrogen and oxygen atoms in total. The van der Waals surface area contributed by atoms with E-state index in [1.54, 1.807) is 7.11 Å². The Morgan fingerprint density at radius 1 is 1.00 bits per heavy atom.